The van der Waals surface area contributed by atoms with E-state index in [0.29, 0.717) is 28.1 Å². The van der Waals surface area contributed by atoms with Crippen LogP contribution in [0.15, 0.2) is 18.6 Å². The fourth-order valence-corrected chi connectivity index (χ4v) is 3.97. The molecule has 0 saturated heterocycles. The number of fused-ring (bicyclic) bond motifs is 3. The zero-order valence-corrected chi connectivity index (χ0v) is 16.4. The topological polar surface area (TPSA) is 116 Å². The molecular weight excluding hydrogens is 360 g/mol. The number of aromatic nitrogens is 4. The van der Waals surface area contributed by atoms with Crippen LogP contribution in [-0.4, -0.2) is 39.7 Å². The molecule has 0 bridgehead atoms. The second kappa shape index (κ2) is 6.29. The van der Waals surface area contributed by atoms with Gasteiger partial charge in [0.15, 0.2) is 11.9 Å². The minimum atomic E-state index is -0.694. The van der Waals surface area contributed by atoms with Gasteiger partial charge in [-0.05, 0) is 24.2 Å². The number of hydrogen-bond donors (Lipinski definition) is 2. The number of carbonyl (C=O) groups excluding carboxylic acids is 2. The zero-order chi connectivity index (χ0) is 20.2. The average molecular weight is 384 g/mol. The quantitative estimate of drug-likeness (QED) is 0.587. The smallest absolute Gasteiger partial charge is 0.272 e. The van der Waals surface area contributed by atoms with Crippen molar-refractivity contribution >= 4 is 11.8 Å². The van der Waals surface area contributed by atoms with Crippen molar-refractivity contribution < 1.29 is 14.3 Å². The molecule has 4 rings (SSSR count). The predicted molar refractivity (Wildman–Crippen MR) is 99.6 cm³/mol. The van der Waals surface area contributed by atoms with Gasteiger partial charge in [0, 0.05) is 18.5 Å². The summed E-state index contributed by atoms with van der Waals surface area (Å²) in [5.74, 6) is 0.622. The van der Waals surface area contributed by atoms with Gasteiger partial charge in [0.05, 0.1) is 11.9 Å². The summed E-state index contributed by atoms with van der Waals surface area (Å²) in [7, 11) is 1.55. The van der Waals surface area contributed by atoms with Crippen molar-refractivity contribution in [2.75, 3.05) is 7.05 Å². The van der Waals surface area contributed by atoms with Crippen LogP contribution in [0.5, 0.6) is 0 Å². The minimum Gasteiger partial charge on any atom is -0.619 e. The lowest BCUT2D eigenvalue weighted by Crippen LogP contribution is -2.53. The maximum absolute atomic E-state index is 13.1. The van der Waals surface area contributed by atoms with Gasteiger partial charge in [-0.2, -0.15) is 9.83 Å². The van der Waals surface area contributed by atoms with E-state index in [9.17, 15) is 14.8 Å². The van der Waals surface area contributed by atoms with Gasteiger partial charge in [-0.3, -0.25) is 9.59 Å². The molecular formula is C19H24N6O3. The molecule has 2 aliphatic carbocycles. The third-order valence-electron chi connectivity index (χ3n) is 5.51. The molecule has 0 aromatic carbocycles. The van der Waals surface area contributed by atoms with Gasteiger partial charge in [-0.1, -0.05) is 20.8 Å². The second-order valence-corrected chi connectivity index (χ2v) is 8.59. The molecule has 2 aromatic rings. The van der Waals surface area contributed by atoms with E-state index in [-0.39, 0.29) is 11.8 Å². The molecule has 2 amide bonds. The van der Waals surface area contributed by atoms with Gasteiger partial charge >= 0.3 is 0 Å². The summed E-state index contributed by atoms with van der Waals surface area (Å²) < 4.78 is 2.28. The van der Waals surface area contributed by atoms with Crippen LogP contribution in [0.3, 0.4) is 0 Å². The van der Waals surface area contributed by atoms with Crippen LogP contribution in [0.4, 0.5) is 0 Å². The molecule has 0 radical (unpaired) electrons. The number of likely N-dealkylation sites (N-methyl/N-ethyl adjacent to an activating group) is 1. The van der Waals surface area contributed by atoms with Crippen molar-refractivity contribution in [2.45, 2.75) is 45.6 Å². The van der Waals surface area contributed by atoms with Crippen molar-refractivity contribution in [3.63, 3.8) is 0 Å². The highest BCUT2D eigenvalue weighted by Crippen LogP contribution is 2.57. The number of carbonyl (C=O) groups is 2. The highest BCUT2D eigenvalue weighted by Gasteiger charge is 2.50. The summed E-state index contributed by atoms with van der Waals surface area (Å²) in [6.07, 6.45) is 5.90. The Morgan fingerprint density at radius 2 is 2.14 bits per heavy atom. The Bertz CT molecular complexity index is 961. The molecule has 0 aliphatic heterocycles. The van der Waals surface area contributed by atoms with Crippen LogP contribution in [0.1, 0.15) is 54.9 Å². The first-order valence-electron chi connectivity index (χ1n) is 9.40. The predicted octanol–water partition coefficient (Wildman–Crippen LogP) is 0.451. The zero-order valence-electron chi connectivity index (χ0n) is 16.4. The van der Waals surface area contributed by atoms with Crippen molar-refractivity contribution in [3.05, 3.63) is 40.7 Å². The van der Waals surface area contributed by atoms with Crippen molar-refractivity contribution in [3.8, 4) is 5.82 Å². The van der Waals surface area contributed by atoms with E-state index in [1.807, 2.05) is 20.8 Å². The van der Waals surface area contributed by atoms with Gasteiger partial charge < -0.3 is 15.8 Å². The van der Waals surface area contributed by atoms with Crippen molar-refractivity contribution in [1.29, 1.82) is 0 Å². The lowest BCUT2D eigenvalue weighted by molar-refractivity contribution is -0.605. The highest BCUT2D eigenvalue weighted by molar-refractivity contribution is 5.98. The normalized spacial score (nSPS) is 20.9. The Hall–Kier alpha value is -2.97. The molecule has 0 spiro atoms. The summed E-state index contributed by atoms with van der Waals surface area (Å²) in [5.41, 5.74) is 1.70. The Balaban J connectivity index is 1.71. The number of nitrogens with zero attached hydrogens (tertiary/aromatic N) is 4. The highest BCUT2D eigenvalue weighted by atomic mass is 16.5. The Morgan fingerprint density at radius 3 is 2.79 bits per heavy atom. The first-order chi connectivity index (χ1) is 13.2. The van der Waals surface area contributed by atoms with Crippen molar-refractivity contribution in [2.24, 2.45) is 11.3 Å². The monoisotopic (exact) mass is 384 g/mol. The van der Waals surface area contributed by atoms with Crippen LogP contribution in [0, 0.1) is 16.5 Å². The SMILES string of the molecule is CNC(=O)[C@@H](NC(=O)c1nn(-c2c[n+]([O-])ccn2)c2c1C[C@@H]1C[C@H]21)C(C)(C)C. The van der Waals surface area contributed by atoms with Crippen LogP contribution >= 0.6 is 0 Å². The molecule has 1 fully saturated rings. The van der Waals surface area contributed by atoms with E-state index in [4.69, 9.17) is 0 Å². The molecule has 9 heteroatoms. The lowest BCUT2D eigenvalue weighted by Gasteiger charge is -2.29. The van der Waals surface area contributed by atoms with Gasteiger partial charge in [0.25, 0.3) is 5.91 Å². The lowest BCUT2D eigenvalue weighted by atomic mass is 9.86. The minimum absolute atomic E-state index is 0.253. The first kappa shape index (κ1) is 18.4. The fraction of sp³-hybridized carbons (Fsp3) is 0.526. The summed E-state index contributed by atoms with van der Waals surface area (Å²) in [6.45, 7) is 5.69. The van der Waals surface area contributed by atoms with Gasteiger partial charge in [0.1, 0.15) is 6.04 Å². The summed E-state index contributed by atoms with van der Waals surface area (Å²) in [4.78, 5) is 29.6. The standard InChI is InChI=1S/C19H24N6O3/c1-19(2,3)16(18(27)20-4)22-17(26)14-12-8-10-7-11(10)15(12)25(23-14)13-9-24(28)6-5-21-13/h5-6,9-11,16H,7-8H2,1-4H3,(H,20,27)(H,22,26)/t10-,11-,16+/m0/s1. The number of hydrogen-bond acceptors (Lipinski definition) is 5. The third kappa shape index (κ3) is 3.00. The molecule has 3 atom stereocenters. The molecule has 2 aromatic heterocycles. The Morgan fingerprint density at radius 1 is 1.39 bits per heavy atom. The first-order valence-corrected chi connectivity index (χ1v) is 9.40. The van der Waals surface area contributed by atoms with Crippen molar-refractivity contribution in [1.82, 2.24) is 25.4 Å². The second-order valence-electron chi connectivity index (χ2n) is 8.59. The van der Waals surface area contributed by atoms with Gasteiger partial charge in [0.2, 0.25) is 17.9 Å². The number of amides is 2. The largest absolute Gasteiger partial charge is 0.619 e. The van der Waals surface area contributed by atoms with E-state index in [2.05, 4.69) is 20.7 Å². The van der Waals surface area contributed by atoms with E-state index in [1.165, 1.54) is 18.6 Å². The molecule has 2 heterocycles. The fourth-order valence-electron chi connectivity index (χ4n) is 3.97. The number of rotatable bonds is 4. The van der Waals surface area contributed by atoms with E-state index < -0.39 is 11.5 Å². The molecule has 28 heavy (non-hydrogen) atoms. The van der Waals surface area contributed by atoms with Gasteiger partial charge in [-0.15, -0.1) is 0 Å². The molecule has 2 aliphatic rings. The summed E-state index contributed by atoms with van der Waals surface area (Å²) in [5, 5.41) is 21.6. The molecule has 1 saturated carbocycles. The number of nitrogens with one attached hydrogen (secondary N) is 2. The van der Waals surface area contributed by atoms with Crippen LogP contribution in [-0.2, 0) is 11.2 Å². The van der Waals surface area contributed by atoms with Crippen LogP contribution < -0.4 is 15.4 Å². The van der Waals surface area contributed by atoms with Crippen LogP contribution in [0.2, 0.25) is 0 Å². The average Bonchev–Trinajstić information content (AvgIpc) is 3.13. The maximum Gasteiger partial charge on any atom is 0.272 e. The maximum atomic E-state index is 13.1. The molecule has 2 N–H and O–H groups in total. The summed E-state index contributed by atoms with van der Waals surface area (Å²) in [6, 6.07) is -0.694. The van der Waals surface area contributed by atoms with Gasteiger partial charge in [-0.25, -0.2) is 9.67 Å². The van der Waals surface area contributed by atoms with E-state index in [0.717, 1.165) is 24.1 Å². The Kier molecular flexibility index (Phi) is 4.13. The molecule has 0 unspecified atom stereocenters. The van der Waals surface area contributed by atoms with Crippen LogP contribution in [0.25, 0.3) is 5.82 Å². The van der Waals surface area contributed by atoms with E-state index >= 15 is 0 Å². The summed E-state index contributed by atoms with van der Waals surface area (Å²) >= 11 is 0. The van der Waals surface area contributed by atoms with E-state index in [1.54, 1.807) is 11.7 Å². The third-order valence-corrected chi connectivity index (χ3v) is 5.51. The molecule has 9 nitrogen and oxygen atoms in total. The Labute approximate surface area is 162 Å². The molecule has 148 valence electrons.